The summed E-state index contributed by atoms with van der Waals surface area (Å²) in [6.07, 6.45) is 2.09. The van der Waals surface area contributed by atoms with Crippen molar-refractivity contribution in [2.75, 3.05) is 18.5 Å². The van der Waals surface area contributed by atoms with Crippen molar-refractivity contribution in [1.82, 2.24) is 0 Å². The van der Waals surface area contributed by atoms with Gasteiger partial charge < -0.3 is 15.1 Å². The Kier molecular flexibility index (Phi) is 3.84. The number of phenols is 2. The van der Waals surface area contributed by atoms with Gasteiger partial charge in [0.1, 0.15) is 0 Å². The predicted octanol–water partition coefficient (Wildman–Crippen LogP) is 3.66. The highest BCUT2D eigenvalue weighted by Crippen LogP contribution is 2.34. The van der Waals surface area contributed by atoms with Crippen LogP contribution in [0, 0.1) is 0 Å². The quantitative estimate of drug-likeness (QED) is 0.823. The number of nitrogens with zero attached hydrogens (tertiary/aromatic N) is 1. The van der Waals surface area contributed by atoms with E-state index in [4.69, 9.17) is 0 Å². The van der Waals surface area contributed by atoms with E-state index in [2.05, 4.69) is 37.9 Å². The minimum Gasteiger partial charge on any atom is -0.504 e. The molecule has 0 unspecified atom stereocenters. The first-order valence-corrected chi connectivity index (χ1v) is 6.76. The van der Waals surface area contributed by atoms with Crippen LogP contribution in [0.5, 0.6) is 11.5 Å². The maximum Gasteiger partial charge on any atom is 0.158 e. The summed E-state index contributed by atoms with van der Waals surface area (Å²) in [5, 5.41) is 21.1. The molecule has 0 spiro atoms. The average Bonchev–Trinajstić information content (AvgIpc) is 2.39. The number of rotatable bonds is 4. The zero-order valence-electron chi connectivity index (χ0n) is 11.8. The van der Waals surface area contributed by atoms with E-state index in [9.17, 15) is 10.2 Å². The SMILES string of the molecule is CCCc1cc2cc(O)c(O)cc2cc1N(C)CC. The minimum absolute atomic E-state index is 0.0634. The summed E-state index contributed by atoms with van der Waals surface area (Å²) in [6.45, 7) is 5.22. The monoisotopic (exact) mass is 259 g/mol. The van der Waals surface area contributed by atoms with E-state index in [-0.39, 0.29) is 11.5 Å². The van der Waals surface area contributed by atoms with E-state index in [0.717, 1.165) is 30.2 Å². The Morgan fingerprint density at radius 1 is 0.947 bits per heavy atom. The highest BCUT2D eigenvalue weighted by molar-refractivity contribution is 5.90. The van der Waals surface area contributed by atoms with Crippen molar-refractivity contribution < 1.29 is 10.2 Å². The number of aromatic hydroxyl groups is 2. The standard InChI is InChI=1S/C16H21NO2/c1-4-6-11-7-12-9-15(18)16(19)10-13(12)8-14(11)17(3)5-2/h7-10,18-19H,4-6H2,1-3H3. The highest BCUT2D eigenvalue weighted by atomic mass is 16.3. The number of hydrogen-bond acceptors (Lipinski definition) is 3. The van der Waals surface area contributed by atoms with Gasteiger partial charge in [-0.25, -0.2) is 0 Å². The molecule has 0 aromatic heterocycles. The van der Waals surface area contributed by atoms with Crippen LogP contribution in [0.25, 0.3) is 10.8 Å². The van der Waals surface area contributed by atoms with E-state index >= 15 is 0 Å². The molecule has 3 heteroatoms. The van der Waals surface area contributed by atoms with Crippen molar-refractivity contribution in [3.05, 3.63) is 29.8 Å². The zero-order chi connectivity index (χ0) is 14.0. The predicted molar refractivity (Wildman–Crippen MR) is 80.2 cm³/mol. The van der Waals surface area contributed by atoms with Gasteiger partial charge in [0, 0.05) is 19.3 Å². The summed E-state index contributed by atoms with van der Waals surface area (Å²) >= 11 is 0. The third-order valence-corrected chi connectivity index (χ3v) is 3.54. The second-order valence-electron chi connectivity index (χ2n) is 4.93. The molecule has 102 valence electrons. The smallest absolute Gasteiger partial charge is 0.158 e. The Morgan fingerprint density at radius 2 is 1.53 bits per heavy atom. The first kappa shape index (κ1) is 13.5. The molecule has 2 N–H and O–H groups in total. The Labute approximate surface area is 114 Å². The number of fused-ring (bicyclic) bond motifs is 1. The van der Waals surface area contributed by atoms with Crippen LogP contribution in [0.2, 0.25) is 0 Å². The molecule has 0 bridgehead atoms. The topological polar surface area (TPSA) is 43.7 Å². The molecule has 2 aromatic rings. The van der Waals surface area contributed by atoms with E-state index in [1.165, 1.54) is 11.3 Å². The number of hydrogen-bond donors (Lipinski definition) is 2. The van der Waals surface area contributed by atoms with Crippen LogP contribution in [0.15, 0.2) is 24.3 Å². The summed E-state index contributed by atoms with van der Waals surface area (Å²) in [4.78, 5) is 2.20. The van der Waals surface area contributed by atoms with E-state index in [1.54, 1.807) is 12.1 Å². The Bertz CT molecular complexity index is 593. The fraction of sp³-hybridized carbons (Fsp3) is 0.375. The van der Waals surface area contributed by atoms with Crippen LogP contribution in [0.1, 0.15) is 25.8 Å². The molecule has 2 aromatic carbocycles. The lowest BCUT2D eigenvalue weighted by Gasteiger charge is -2.21. The Hall–Kier alpha value is -1.90. The number of aryl methyl sites for hydroxylation is 1. The molecule has 0 atom stereocenters. The number of benzene rings is 2. The molecule has 3 nitrogen and oxygen atoms in total. The lowest BCUT2D eigenvalue weighted by Crippen LogP contribution is -2.17. The van der Waals surface area contributed by atoms with Gasteiger partial charge in [0.15, 0.2) is 11.5 Å². The third-order valence-electron chi connectivity index (χ3n) is 3.54. The molecule has 0 heterocycles. The van der Waals surface area contributed by atoms with Crippen LogP contribution in [-0.4, -0.2) is 23.8 Å². The minimum atomic E-state index is -0.0687. The Morgan fingerprint density at radius 3 is 2.05 bits per heavy atom. The lowest BCUT2D eigenvalue weighted by molar-refractivity contribution is 0.405. The van der Waals surface area contributed by atoms with Gasteiger partial charge in [0.25, 0.3) is 0 Å². The van der Waals surface area contributed by atoms with E-state index in [1.807, 2.05) is 0 Å². The summed E-state index contributed by atoms with van der Waals surface area (Å²) in [7, 11) is 2.07. The first-order chi connectivity index (χ1) is 9.06. The normalized spacial score (nSPS) is 10.9. The van der Waals surface area contributed by atoms with Crippen molar-refractivity contribution in [2.24, 2.45) is 0 Å². The molecular weight excluding hydrogens is 238 g/mol. The van der Waals surface area contributed by atoms with Crippen LogP contribution < -0.4 is 4.90 Å². The number of phenolic OH excluding ortho intramolecular Hbond substituents is 2. The van der Waals surface area contributed by atoms with Gasteiger partial charge in [0.2, 0.25) is 0 Å². The average molecular weight is 259 g/mol. The van der Waals surface area contributed by atoms with Gasteiger partial charge in [-0.2, -0.15) is 0 Å². The van der Waals surface area contributed by atoms with Crippen LogP contribution in [-0.2, 0) is 6.42 Å². The van der Waals surface area contributed by atoms with Gasteiger partial charge in [-0.05, 0) is 53.9 Å². The molecule has 0 saturated carbocycles. The highest BCUT2D eigenvalue weighted by Gasteiger charge is 2.10. The summed E-state index contributed by atoms with van der Waals surface area (Å²) in [5.41, 5.74) is 2.48. The fourth-order valence-electron chi connectivity index (χ4n) is 2.36. The van der Waals surface area contributed by atoms with Gasteiger partial charge in [-0.1, -0.05) is 13.3 Å². The largest absolute Gasteiger partial charge is 0.504 e. The van der Waals surface area contributed by atoms with Crippen molar-refractivity contribution in [1.29, 1.82) is 0 Å². The summed E-state index contributed by atoms with van der Waals surface area (Å²) in [6, 6.07) is 7.44. The molecule has 0 amide bonds. The summed E-state index contributed by atoms with van der Waals surface area (Å²) < 4.78 is 0. The van der Waals surface area contributed by atoms with Crippen molar-refractivity contribution in [3.8, 4) is 11.5 Å². The molecule has 0 aliphatic carbocycles. The zero-order valence-corrected chi connectivity index (χ0v) is 11.8. The maximum atomic E-state index is 9.61. The van der Waals surface area contributed by atoms with E-state index in [0.29, 0.717) is 0 Å². The third kappa shape index (κ3) is 2.60. The van der Waals surface area contributed by atoms with Gasteiger partial charge in [0.05, 0.1) is 0 Å². The number of anilines is 1. The fourth-order valence-corrected chi connectivity index (χ4v) is 2.36. The first-order valence-electron chi connectivity index (χ1n) is 6.76. The van der Waals surface area contributed by atoms with Crippen molar-refractivity contribution >= 4 is 16.5 Å². The lowest BCUT2D eigenvalue weighted by atomic mass is 10.0. The van der Waals surface area contributed by atoms with Crippen LogP contribution in [0.4, 0.5) is 5.69 Å². The molecule has 2 rings (SSSR count). The second kappa shape index (κ2) is 5.39. The molecular formula is C16H21NO2. The van der Waals surface area contributed by atoms with Gasteiger partial charge in [-0.15, -0.1) is 0 Å². The van der Waals surface area contributed by atoms with Crippen molar-refractivity contribution in [2.45, 2.75) is 26.7 Å². The summed E-state index contributed by atoms with van der Waals surface area (Å²) in [5.74, 6) is -0.132. The maximum absolute atomic E-state index is 9.61. The molecule has 0 aliphatic rings. The second-order valence-corrected chi connectivity index (χ2v) is 4.93. The molecule has 0 radical (unpaired) electrons. The van der Waals surface area contributed by atoms with Crippen molar-refractivity contribution in [3.63, 3.8) is 0 Å². The molecule has 0 fully saturated rings. The molecule has 19 heavy (non-hydrogen) atoms. The molecule has 0 aliphatic heterocycles. The Balaban J connectivity index is 2.65. The van der Waals surface area contributed by atoms with Gasteiger partial charge >= 0.3 is 0 Å². The van der Waals surface area contributed by atoms with E-state index < -0.39 is 0 Å². The van der Waals surface area contributed by atoms with Crippen LogP contribution >= 0.6 is 0 Å². The van der Waals surface area contributed by atoms with Crippen LogP contribution in [0.3, 0.4) is 0 Å². The molecule has 0 saturated heterocycles. The van der Waals surface area contributed by atoms with Gasteiger partial charge in [-0.3, -0.25) is 0 Å².